The molecule has 0 aliphatic heterocycles. The van der Waals surface area contributed by atoms with Gasteiger partial charge in [0.25, 0.3) is 0 Å². The van der Waals surface area contributed by atoms with Crippen LogP contribution in [0, 0.1) is 0 Å². The molecule has 0 heterocycles. The maximum atomic E-state index is 11.8. The Morgan fingerprint density at radius 1 is 1.11 bits per heavy atom. The molecule has 0 amide bonds. The molecule has 0 unspecified atom stereocenters. The van der Waals surface area contributed by atoms with E-state index in [2.05, 4.69) is 12.1 Å². The van der Waals surface area contributed by atoms with Gasteiger partial charge in [0, 0.05) is 0 Å². The molecule has 3 heteroatoms. The van der Waals surface area contributed by atoms with Gasteiger partial charge in [0.2, 0.25) is 0 Å². The topological polar surface area (TPSA) is 26.3 Å². The molecule has 2 nitrogen and oxygen atoms in total. The number of ether oxygens (including phenoxy) is 1. The molecular weight excluding hydrogens is 291 g/mol. The van der Waals surface area contributed by atoms with Gasteiger partial charge in [-0.15, -0.1) is 0 Å². The normalized spacial score (nSPS) is 17.1. The molecule has 0 radical (unpaired) electrons. The first kappa shape index (κ1) is 13.6. The zero-order chi connectivity index (χ0) is 12.6. The Bertz CT molecular complexity index is 356. The Morgan fingerprint density at radius 3 is 2.44 bits per heavy atom. The molecule has 18 heavy (non-hydrogen) atoms. The summed E-state index contributed by atoms with van der Waals surface area (Å²) in [7, 11) is 0. The van der Waals surface area contributed by atoms with Gasteiger partial charge in [0.1, 0.15) is 0 Å². The Balaban J connectivity index is 1.71. The van der Waals surface area contributed by atoms with E-state index in [4.69, 9.17) is 4.74 Å². The van der Waals surface area contributed by atoms with Crippen molar-refractivity contribution in [3.63, 3.8) is 0 Å². The predicted molar refractivity (Wildman–Crippen MR) is 74.2 cm³/mol. The first-order chi connectivity index (χ1) is 8.84. The van der Waals surface area contributed by atoms with Crippen molar-refractivity contribution in [3.05, 3.63) is 30.3 Å². The molecule has 1 saturated carbocycles. The Morgan fingerprint density at radius 2 is 1.78 bits per heavy atom. The summed E-state index contributed by atoms with van der Waals surface area (Å²) in [4.78, 5) is 11.8. The van der Waals surface area contributed by atoms with Crippen LogP contribution >= 0.6 is 0 Å². The summed E-state index contributed by atoms with van der Waals surface area (Å²) in [5.74, 6) is -0.00856. The van der Waals surface area contributed by atoms with Crippen LogP contribution in [0.5, 0.6) is 0 Å². The molecule has 0 aromatic heterocycles. The maximum absolute atomic E-state index is 11.8. The van der Waals surface area contributed by atoms with Gasteiger partial charge in [-0.25, -0.2) is 0 Å². The van der Waals surface area contributed by atoms with Crippen molar-refractivity contribution >= 4 is 25.4 Å². The van der Waals surface area contributed by atoms with Gasteiger partial charge in [0.05, 0.1) is 0 Å². The molecule has 98 valence electrons. The second-order valence-corrected chi connectivity index (χ2v) is 6.91. The van der Waals surface area contributed by atoms with E-state index in [1.165, 1.54) is 30.1 Å². The van der Waals surface area contributed by atoms with Crippen molar-refractivity contribution in [2.24, 2.45) is 0 Å². The minimum atomic E-state index is -0.00856. The molecule has 1 aliphatic rings. The minimum absolute atomic E-state index is 0.00856. The summed E-state index contributed by atoms with van der Waals surface area (Å²) in [6.45, 7) is 0. The molecule has 1 fully saturated rings. The number of esters is 1. The molecule has 0 N–H and O–H groups in total. The number of hydrogen-bond acceptors (Lipinski definition) is 2. The van der Waals surface area contributed by atoms with Crippen molar-refractivity contribution < 1.29 is 9.53 Å². The van der Waals surface area contributed by atoms with Crippen molar-refractivity contribution in [2.45, 2.75) is 49.9 Å². The fourth-order valence-electron chi connectivity index (χ4n) is 2.24. The first-order valence-electron chi connectivity index (χ1n) is 6.72. The van der Waals surface area contributed by atoms with E-state index in [1.54, 1.807) is 0 Å². The molecule has 2 rings (SSSR count). The predicted octanol–water partition coefficient (Wildman–Crippen LogP) is 2.70. The van der Waals surface area contributed by atoms with E-state index in [9.17, 15) is 4.79 Å². The molecule has 1 aromatic carbocycles. The van der Waals surface area contributed by atoms with Gasteiger partial charge < -0.3 is 0 Å². The van der Waals surface area contributed by atoms with Gasteiger partial charge in [-0.05, 0) is 0 Å². The van der Waals surface area contributed by atoms with Crippen molar-refractivity contribution in [1.82, 2.24) is 0 Å². The summed E-state index contributed by atoms with van der Waals surface area (Å²) >= 11 is 0.211. The van der Waals surface area contributed by atoms with Gasteiger partial charge in [-0.3, -0.25) is 0 Å². The monoisotopic (exact) mass is 312 g/mol. The standard InChI is InChI=1S/C15H20O2Se/c16-15(12-18-14-10-6-3-7-11-14)17-13-8-4-1-2-5-9-13/h3,6-7,10-11,13H,1-2,4-5,8-9,12H2. The van der Waals surface area contributed by atoms with Crippen LogP contribution in [0.3, 0.4) is 0 Å². The van der Waals surface area contributed by atoms with Gasteiger partial charge in [-0.2, -0.15) is 0 Å². The van der Waals surface area contributed by atoms with Crippen molar-refractivity contribution in [3.8, 4) is 0 Å². The van der Waals surface area contributed by atoms with E-state index in [0.29, 0.717) is 5.32 Å². The molecule has 0 spiro atoms. The van der Waals surface area contributed by atoms with Crippen LogP contribution in [0.25, 0.3) is 0 Å². The van der Waals surface area contributed by atoms with E-state index in [-0.39, 0.29) is 27.0 Å². The van der Waals surface area contributed by atoms with Gasteiger partial charge >= 0.3 is 115 Å². The van der Waals surface area contributed by atoms with Crippen LogP contribution in [-0.4, -0.2) is 27.0 Å². The fraction of sp³-hybridized carbons (Fsp3) is 0.533. The Kier molecular flexibility index (Phi) is 5.76. The van der Waals surface area contributed by atoms with E-state index < -0.39 is 0 Å². The van der Waals surface area contributed by atoms with E-state index >= 15 is 0 Å². The van der Waals surface area contributed by atoms with Crippen LogP contribution in [0.4, 0.5) is 0 Å². The van der Waals surface area contributed by atoms with E-state index in [1.807, 2.05) is 18.2 Å². The second kappa shape index (κ2) is 7.60. The molecule has 0 atom stereocenters. The molecule has 0 bridgehead atoms. The Labute approximate surface area is 115 Å². The quantitative estimate of drug-likeness (QED) is 0.485. The van der Waals surface area contributed by atoms with Crippen LogP contribution in [-0.2, 0) is 9.53 Å². The average molecular weight is 311 g/mol. The fourth-order valence-corrected chi connectivity index (χ4v) is 3.71. The van der Waals surface area contributed by atoms with Crippen LogP contribution in [0.1, 0.15) is 38.5 Å². The molecule has 1 aromatic rings. The average Bonchev–Trinajstić information content (AvgIpc) is 2.66. The van der Waals surface area contributed by atoms with Crippen LogP contribution in [0.2, 0.25) is 5.32 Å². The summed E-state index contributed by atoms with van der Waals surface area (Å²) in [5.41, 5.74) is 0. The number of benzene rings is 1. The number of carbonyl (C=O) groups is 1. The second-order valence-electron chi connectivity index (χ2n) is 4.71. The summed E-state index contributed by atoms with van der Waals surface area (Å²) in [6.07, 6.45) is 7.31. The van der Waals surface area contributed by atoms with Crippen LogP contribution < -0.4 is 4.46 Å². The number of rotatable bonds is 4. The zero-order valence-electron chi connectivity index (χ0n) is 10.6. The third-order valence-electron chi connectivity index (χ3n) is 3.20. The Hall–Kier alpha value is -0.791. The van der Waals surface area contributed by atoms with Gasteiger partial charge in [-0.1, -0.05) is 0 Å². The third kappa shape index (κ3) is 4.83. The summed E-state index contributed by atoms with van der Waals surface area (Å²) < 4.78 is 6.84. The van der Waals surface area contributed by atoms with Gasteiger partial charge in [0.15, 0.2) is 0 Å². The summed E-state index contributed by atoms with van der Waals surface area (Å²) in [5, 5.41) is 0.563. The SMILES string of the molecule is O=C(C[Se]c1ccccc1)OC1CCCCCC1. The molecule has 1 aliphatic carbocycles. The third-order valence-corrected chi connectivity index (χ3v) is 5.27. The first-order valence-corrected chi connectivity index (χ1v) is 8.79. The van der Waals surface area contributed by atoms with Crippen molar-refractivity contribution in [1.29, 1.82) is 0 Å². The summed E-state index contributed by atoms with van der Waals surface area (Å²) in [6, 6.07) is 10.2. The van der Waals surface area contributed by atoms with E-state index in [0.717, 1.165) is 12.8 Å². The van der Waals surface area contributed by atoms with Crippen molar-refractivity contribution in [2.75, 3.05) is 0 Å². The molecule has 0 saturated heterocycles. The number of carbonyl (C=O) groups excluding carboxylic acids is 1. The molecular formula is C15H20O2Se. The number of hydrogen-bond donors (Lipinski definition) is 0. The zero-order valence-corrected chi connectivity index (χ0v) is 12.4. The van der Waals surface area contributed by atoms with Crippen LogP contribution in [0.15, 0.2) is 30.3 Å².